The number of hydrogen-bond donors (Lipinski definition) is 2. The number of nitro groups is 1. The highest BCUT2D eigenvalue weighted by atomic mass is 35.5. The summed E-state index contributed by atoms with van der Waals surface area (Å²) in [5, 5.41) is 16.9. The Morgan fingerprint density at radius 1 is 1.27 bits per heavy atom. The minimum absolute atomic E-state index is 0.00536. The number of hydrogen-bond acceptors (Lipinski definition) is 4. The third kappa shape index (κ3) is 3.95. The topological polar surface area (TPSA) is 84.3 Å². The highest BCUT2D eigenvalue weighted by Crippen LogP contribution is 2.22. The van der Waals surface area contributed by atoms with Gasteiger partial charge in [-0.3, -0.25) is 14.9 Å². The number of anilines is 2. The van der Waals surface area contributed by atoms with E-state index in [0.717, 1.165) is 0 Å². The third-order valence-corrected chi connectivity index (χ3v) is 3.33. The molecular weight excluding hydrogens is 306 g/mol. The van der Waals surface area contributed by atoms with E-state index in [4.69, 9.17) is 11.6 Å². The van der Waals surface area contributed by atoms with Crippen LogP contribution in [0.4, 0.5) is 17.1 Å². The molecule has 7 heteroatoms. The van der Waals surface area contributed by atoms with Gasteiger partial charge in [0, 0.05) is 17.3 Å². The number of carbonyl (C=O) groups excluding carboxylic acids is 1. The standard InChI is InChI=1S/C15H14ClN3O3/c1-10-6-7-11(8-14(10)19(21)22)18-15(20)9-17-13-5-3-2-4-12(13)16/h2-8,17H,9H2,1H3,(H,18,20). The van der Waals surface area contributed by atoms with Crippen LogP contribution < -0.4 is 10.6 Å². The van der Waals surface area contributed by atoms with Crippen molar-refractivity contribution in [2.45, 2.75) is 6.92 Å². The number of nitrogens with zero attached hydrogens (tertiary/aromatic N) is 1. The van der Waals surface area contributed by atoms with Crippen LogP contribution in [0.2, 0.25) is 5.02 Å². The fourth-order valence-corrected chi connectivity index (χ4v) is 2.07. The molecule has 114 valence electrons. The average molecular weight is 320 g/mol. The van der Waals surface area contributed by atoms with Crippen LogP contribution in [0.25, 0.3) is 0 Å². The van der Waals surface area contributed by atoms with E-state index in [-0.39, 0.29) is 18.1 Å². The van der Waals surface area contributed by atoms with E-state index in [0.29, 0.717) is 22.0 Å². The van der Waals surface area contributed by atoms with Crippen LogP contribution in [0.3, 0.4) is 0 Å². The Labute approximate surface area is 132 Å². The molecule has 0 bridgehead atoms. The summed E-state index contributed by atoms with van der Waals surface area (Å²) >= 11 is 5.97. The molecule has 0 radical (unpaired) electrons. The van der Waals surface area contributed by atoms with Crippen LogP contribution in [-0.2, 0) is 4.79 Å². The number of nitro benzene ring substituents is 1. The molecule has 0 aliphatic heterocycles. The zero-order valence-corrected chi connectivity index (χ0v) is 12.6. The predicted molar refractivity (Wildman–Crippen MR) is 86.4 cm³/mol. The molecule has 0 atom stereocenters. The number of rotatable bonds is 5. The van der Waals surface area contributed by atoms with E-state index in [2.05, 4.69) is 10.6 Å². The van der Waals surface area contributed by atoms with Crippen molar-refractivity contribution in [3.05, 3.63) is 63.2 Å². The smallest absolute Gasteiger partial charge is 0.274 e. The monoisotopic (exact) mass is 319 g/mol. The Hall–Kier alpha value is -2.60. The molecule has 0 aliphatic rings. The van der Waals surface area contributed by atoms with Gasteiger partial charge < -0.3 is 10.6 Å². The zero-order chi connectivity index (χ0) is 16.1. The summed E-state index contributed by atoms with van der Waals surface area (Å²) in [6.07, 6.45) is 0. The second kappa shape index (κ2) is 6.91. The Kier molecular flexibility index (Phi) is 4.95. The number of amides is 1. The lowest BCUT2D eigenvalue weighted by Crippen LogP contribution is -2.21. The first-order valence-corrected chi connectivity index (χ1v) is 6.88. The van der Waals surface area contributed by atoms with E-state index in [1.165, 1.54) is 6.07 Å². The maximum absolute atomic E-state index is 11.9. The molecule has 22 heavy (non-hydrogen) atoms. The minimum Gasteiger partial charge on any atom is -0.375 e. The highest BCUT2D eigenvalue weighted by Gasteiger charge is 2.12. The normalized spacial score (nSPS) is 10.1. The van der Waals surface area contributed by atoms with E-state index in [1.807, 2.05) is 0 Å². The van der Waals surface area contributed by atoms with Gasteiger partial charge in [-0.2, -0.15) is 0 Å². The summed E-state index contributed by atoms with van der Waals surface area (Å²) in [6.45, 7) is 1.65. The maximum atomic E-state index is 11.9. The van der Waals surface area contributed by atoms with Gasteiger partial charge in [0.05, 0.1) is 22.2 Å². The summed E-state index contributed by atoms with van der Waals surface area (Å²) in [7, 11) is 0. The second-order valence-corrected chi connectivity index (χ2v) is 5.05. The average Bonchev–Trinajstić information content (AvgIpc) is 2.48. The van der Waals surface area contributed by atoms with Gasteiger partial charge in [0.1, 0.15) is 0 Å². The van der Waals surface area contributed by atoms with Crippen LogP contribution in [0.1, 0.15) is 5.56 Å². The van der Waals surface area contributed by atoms with E-state index in [9.17, 15) is 14.9 Å². The van der Waals surface area contributed by atoms with Crippen LogP contribution >= 0.6 is 11.6 Å². The number of nitrogens with one attached hydrogen (secondary N) is 2. The number of benzene rings is 2. The van der Waals surface area contributed by atoms with Gasteiger partial charge in [0.15, 0.2) is 0 Å². The zero-order valence-electron chi connectivity index (χ0n) is 11.8. The number of halogens is 1. The summed E-state index contributed by atoms with van der Waals surface area (Å²) < 4.78 is 0. The fraction of sp³-hybridized carbons (Fsp3) is 0.133. The van der Waals surface area contributed by atoms with Crippen molar-refractivity contribution < 1.29 is 9.72 Å². The lowest BCUT2D eigenvalue weighted by Gasteiger charge is -2.09. The summed E-state index contributed by atoms with van der Waals surface area (Å²) in [5.41, 5.74) is 1.53. The molecule has 2 aromatic rings. The quantitative estimate of drug-likeness (QED) is 0.651. The SMILES string of the molecule is Cc1ccc(NC(=O)CNc2ccccc2Cl)cc1[N+](=O)[O-]. The molecule has 2 rings (SSSR count). The Morgan fingerprint density at radius 2 is 2.00 bits per heavy atom. The Bertz CT molecular complexity index is 719. The largest absolute Gasteiger partial charge is 0.375 e. The number of carbonyl (C=O) groups is 1. The van der Waals surface area contributed by atoms with Crippen LogP contribution in [-0.4, -0.2) is 17.4 Å². The molecule has 1 amide bonds. The third-order valence-electron chi connectivity index (χ3n) is 3.00. The van der Waals surface area contributed by atoms with Gasteiger partial charge in [0.2, 0.25) is 5.91 Å². The van der Waals surface area contributed by atoms with Crippen LogP contribution in [0, 0.1) is 17.0 Å². The molecule has 2 N–H and O–H groups in total. The molecular formula is C15H14ClN3O3. The van der Waals surface area contributed by atoms with Crippen molar-refractivity contribution in [1.29, 1.82) is 0 Å². The second-order valence-electron chi connectivity index (χ2n) is 4.64. The Morgan fingerprint density at radius 3 is 2.68 bits per heavy atom. The molecule has 0 heterocycles. The van der Waals surface area contributed by atoms with Gasteiger partial charge in [-0.25, -0.2) is 0 Å². The molecule has 0 spiro atoms. The van der Waals surface area contributed by atoms with Gasteiger partial charge >= 0.3 is 0 Å². The molecule has 0 unspecified atom stereocenters. The van der Waals surface area contributed by atoms with Crippen molar-refractivity contribution in [1.82, 2.24) is 0 Å². The lowest BCUT2D eigenvalue weighted by atomic mass is 10.2. The summed E-state index contributed by atoms with van der Waals surface area (Å²) in [6, 6.07) is 11.6. The van der Waals surface area contributed by atoms with Crippen molar-refractivity contribution in [2.24, 2.45) is 0 Å². The van der Waals surface area contributed by atoms with E-state index < -0.39 is 4.92 Å². The van der Waals surface area contributed by atoms with Gasteiger partial charge in [0.25, 0.3) is 5.69 Å². The first kappa shape index (κ1) is 15.8. The van der Waals surface area contributed by atoms with Crippen LogP contribution in [0.15, 0.2) is 42.5 Å². The summed E-state index contributed by atoms with van der Waals surface area (Å²) in [5.74, 6) is -0.321. The van der Waals surface area contributed by atoms with Crippen molar-refractivity contribution in [3.8, 4) is 0 Å². The van der Waals surface area contributed by atoms with E-state index >= 15 is 0 Å². The molecule has 0 saturated carbocycles. The molecule has 2 aromatic carbocycles. The lowest BCUT2D eigenvalue weighted by molar-refractivity contribution is -0.385. The first-order chi connectivity index (χ1) is 10.5. The van der Waals surface area contributed by atoms with Crippen molar-refractivity contribution in [2.75, 3.05) is 17.2 Å². The van der Waals surface area contributed by atoms with E-state index in [1.54, 1.807) is 43.3 Å². The summed E-state index contributed by atoms with van der Waals surface area (Å²) in [4.78, 5) is 22.3. The predicted octanol–water partition coefficient (Wildman–Crippen LogP) is 3.61. The van der Waals surface area contributed by atoms with Gasteiger partial charge in [-0.05, 0) is 25.1 Å². The minimum atomic E-state index is -0.479. The molecule has 0 saturated heterocycles. The molecule has 6 nitrogen and oxygen atoms in total. The van der Waals surface area contributed by atoms with Gasteiger partial charge in [-0.15, -0.1) is 0 Å². The highest BCUT2D eigenvalue weighted by molar-refractivity contribution is 6.33. The van der Waals surface area contributed by atoms with Crippen molar-refractivity contribution >= 4 is 34.6 Å². The van der Waals surface area contributed by atoms with Gasteiger partial charge in [-0.1, -0.05) is 29.8 Å². The molecule has 0 aliphatic carbocycles. The van der Waals surface area contributed by atoms with Crippen molar-refractivity contribution in [3.63, 3.8) is 0 Å². The first-order valence-electron chi connectivity index (χ1n) is 6.50. The maximum Gasteiger partial charge on any atom is 0.274 e. The van der Waals surface area contributed by atoms with Crippen LogP contribution in [0.5, 0.6) is 0 Å². The molecule has 0 fully saturated rings. The molecule has 0 aromatic heterocycles. The number of para-hydroxylation sites is 1. The number of aryl methyl sites for hydroxylation is 1. The fourth-order valence-electron chi connectivity index (χ4n) is 1.87. The Balaban J connectivity index is 1.99.